The van der Waals surface area contributed by atoms with E-state index in [1.807, 2.05) is 0 Å². The number of halogens is 1. The second-order valence-corrected chi connectivity index (χ2v) is 4.60. The second kappa shape index (κ2) is 4.74. The summed E-state index contributed by atoms with van der Waals surface area (Å²) in [5.41, 5.74) is 6.65. The van der Waals surface area contributed by atoms with Crippen molar-refractivity contribution >= 4 is 23.2 Å². The fourth-order valence-corrected chi connectivity index (χ4v) is 2.32. The number of nitrogens with one attached hydrogen (secondary N) is 1. The topological polar surface area (TPSA) is 55.1 Å². The quantitative estimate of drug-likeness (QED) is 0.779. The van der Waals surface area contributed by atoms with Crippen LogP contribution in [0.1, 0.15) is 36.0 Å². The Morgan fingerprint density at radius 3 is 2.69 bits per heavy atom. The molecule has 3 N–H and O–H groups in total. The summed E-state index contributed by atoms with van der Waals surface area (Å²) in [6.07, 6.45) is 4.53. The van der Waals surface area contributed by atoms with Crippen molar-refractivity contribution in [3.05, 3.63) is 28.8 Å². The van der Waals surface area contributed by atoms with Crippen LogP contribution in [0.5, 0.6) is 0 Å². The van der Waals surface area contributed by atoms with Crippen LogP contribution in [-0.4, -0.2) is 11.9 Å². The molecule has 1 saturated carbocycles. The highest BCUT2D eigenvalue weighted by molar-refractivity contribution is 6.34. The van der Waals surface area contributed by atoms with Gasteiger partial charge in [-0.15, -0.1) is 0 Å². The Bertz CT molecular complexity index is 400. The second-order valence-electron chi connectivity index (χ2n) is 4.19. The molecule has 0 spiro atoms. The predicted octanol–water partition coefficient (Wildman–Crippen LogP) is 2.59. The molecule has 1 aromatic carbocycles. The summed E-state index contributed by atoms with van der Waals surface area (Å²) < 4.78 is 0. The Kier molecular flexibility index (Phi) is 3.34. The lowest BCUT2D eigenvalue weighted by Gasteiger charge is -2.12. The van der Waals surface area contributed by atoms with Gasteiger partial charge in [-0.05, 0) is 31.0 Å². The van der Waals surface area contributed by atoms with Gasteiger partial charge in [0.2, 0.25) is 0 Å². The maximum absolute atomic E-state index is 11.9. The predicted molar refractivity (Wildman–Crippen MR) is 65.6 cm³/mol. The largest absolute Gasteiger partial charge is 0.399 e. The number of carbonyl (C=O) groups excluding carboxylic acids is 1. The molecule has 2 rings (SSSR count). The number of carbonyl (C=O) groups is 1. The van der Waals surface area contributed by atoms with Crippen molar-refractivity contribution in [1.82, 2.24) is 5.32 Å². The molecule has 0 aliphatic heterocycles. The molecule has 1 aliphatic carbocycles. The number of rotatable bonds is 2. The SMILES string of the molecule is Nc1ccc(C(=O)NC2CCCC2)c(Cl)c1. The van der Waals surface area contributed by atoms with Crippen LogP contribution in [0.2, 0.25) is 5.02 Å². The van der Waals surface area contributed by atoms with Crippen LogP contribution >= 0.6 is 11.6 Å². The summed E-state index contributed by atoms with van der Waals surface area (Å²) in [6.45, 7) is 0. The lowest BCUT2D eigenvalue weighted by atomic mass is 10.1. The molecule has 16 heavy (non-hydrogen) atoms. The number of nitrogen functional groups attached to an aromatic ring is 1. The van der Waals surface area contributed by atoms with Gasteiger partial charge in [0.05, 0.1) is 10.6 Å². The van der Waals surface area contributed by atoms with Crippen molar-refractivity contribution in [3.8, 4) is 0 Å². The van der Waals surface area contributed by atoms with E-state index in [4.69, 9.17) is 17.3 Å². The summed E-state index contributed by atoms with van der Waals surface area (Å²) in [5, 5.41) is 3.40. The molecule has 0 unspecified atom stereocenters. The summed E-state index contributed by atoms with van der Waals surface area (Å²) >= 11 is 5.97. The number of nitrogens with two attached hydrogens (primary N) is 1. The van der Waals surface area contributed by atoms with Crippen LogP contribution in [0.15, 0.2) is 18.2 Å². The minimum atomic E-state index is -0.100. The van der Waals surface area contributed by atoms with E-state index in [2.05, 4.69) is 5.32 Å². The van der Waals surface area contributed by atoms with E-state index in [1.165, 1.54) is 12.8 Å². The highest BCUT2D eigenvalue weighted by Crippen LogP contribution is 2.21. The van der Waals surface area contributed by atoms with E-state index in [0.29, 0.717) is 22.3 Å². The molecule has 1 aliphatic rings. The van der Waals surface area contributed by atoms with Gasteiger partial charge in [0.15, 0.2) is 0 Å². The lowest BCUT2D eigenvalue weighted by molar-refractivity contribution is 0.0938. The van der Waals surface area contributed by atoms with Gasteiger partial charge in [-0.25, -0.2) is 0 Å². The zero-order chi connectivity index (χ0) is 11.5. The van der Waals surface area contributed by atoms with E-state index in [9.17, 15) is 4.79 Å². The number of anilines is 1. The molecular weight excluding hydrogens is 224 g/mol. The van der Waals surface area contributed by atoms with E-state index in [-0.39, 0.29) is 5.91 Å². The molecule has 1 fully saturated rings. The van der Waals surface area contributed by atoms with Crippen molar-refractivity contribution in [2.45, 2.75) is 31.7 Å². The molecule has 0 bridgehead atoms. The summed E-state index contributed by atoms with van der Waals surface area (Å²) in [4.78, 5) is 11.9. The van der Waals surface area contributed by atoms with Gasteiger partial charge in [-0.3, -0.25) is 4.79 Å². The fraction of sp³-hybridized carbons (Fsp3) is 0.417. The van der Waals surface area contributed by atoms with Crippen molar-refractivity contribution < 1.29 is 4.79 Å². The summed E-state index contributed by atoms with van der Waals surface area (Å²) in [7, 11) is 0. The molecule has 0 radical (unpaired) electrons. The maximum atomic E-state index is 11.9. The van der Waals surface area contributed by atoms with Gasteiger partial charge in [0, 0.05) is 11.7 Å². The van der Waals surface area contributed by atoms with Gasteiger partial charge in [-0.2, -0.15) is 0 Å². The first-order valence-electron chi connectivity index (χ1n) is 5.52. The Morgan fingerprint density at radius 1 is 1.38 bits per heavy atom. The van der Waals surface area contributed by atoms with Gasteiger partial charge in [0.1, 0.15) is 0 Å². The van der Waals surface area contributed by atoms with Crippen molar-refractivity contribution in [1.29, 1.82) is 0 Å². The van der Waals surface area contributed by atoms with Crippen LogP contribution in [-0.2, 0) is 0 Å². The zero-order valence-corrected chi connectivity index (χ0v) is 9.76. The Balaban J connectivity index is 2.08. The summed E-state index contributed by atoms with van der Waals surface area (Å²) in [5.74, 6) is -0.100. The lowest BCUT2D eigenvalue weighted by Crippen LogP contribution is -2.32. The third kappa shape index (κ3) is 2.47. The summed E-state index contributed by atoms with van der Waals surface area (Å²) in [6, 6.07) is 5.27. The Labute approximate surface area is 100.0 Å². The minimum Gasteiger partial charge on any atom is -0.399 e. The van der Waals surface area contributed by atoms with Gasteiger partial charge in [0.25, 0.3) is 5.91 Å². The van der Waals surface area contributed by atoms with E-state index in [0.717, 1.165) is 12.8 Å². The number of hydrogen-bond donors (Lipinski definition) is 2. The highest BCUT2D eigenvalue weighted by Gasteiger charge is 2.19. The van der Waals surface area contributed by atoms with Crippen LogP contribution in [0, 0.1) is 0 Å². The van der Waals surface area contributed by atoms with E-state index < -0.39 is 0 Å². The van der Waals surface area contributed by atoms with Crippen molar-refractivity contribution in [2.75, 3.05) is 5.73 Å². The standard InChI is InChI=1S/C12H15ClN2O/c13-11-7-8(14)5-6-10(11)12(16)15-9-3-1-2-4-9/h5-7,9H,1-4,14H2,(H,15,16). The monoisotopic (exact) mass is 238 g/mol. The zero-order valence-electron chi connectivity index (χ0n) is 9.00. The van der Waals surface area contributed by atoms with Crippen molar-refractivity contribution in [2.24, 2.45) is 0 Å². The first-order chi connectivity index (χ1) is 7.66. The molecular formula is C12H15ClN2O. The van der Waals surface area contributed by atoms with Gasteiger partial charge < -0.3 is 11.1 Å². The highest BCUT2D eigenvalue weighted by atomic mass is 35.5. The molecule has 86 valence electrons. The van der Waals surface area contributed by atoms with Crippen LogP contribution in [0.3, 0.4) is 0 Å². The van der Waals surface area contributed by atoms with Crippen LogP contribution in [0.4, 0.5) is 5.69 Å². The number of hydrogen-bond acceptors (Lipinski definition) is 2. The fourth-order valence-electron chi connectivity index (χ4n) is 2.05. The van der Waals surface area contributed by atoms with Gasteiger partial charge in [-0.1, -0.05) is 24.4 Å². The van der Waals surface area contributed by atoms with Gasteiger partial charge >= 0.3 is 0 Å². The smallest absolute Gasteiger partial charge is 0.253 e. The average Bonchev–Trinajstić information content (AvgIpc) is 2.70. The third-order valence-corrected chi connectivity index (χ3v) is 3.24. The first kappa shape index (κ1) is 11.3. The molecule has 4 heteroatoms. The van der Waals surface area contributed by atoms with Crippen molar-refractivity contribution in [3.63, 3.8) is 0 Å². The molecule has 0 aromatic heterocycles. The van der Waals surface area contributed by atoms with E-state index in [1.54, 1.807) is 18.2 Å². The average molecular weight is 239 g/mol. The normalized spacial score (nSPS) is 16.3. The molecule has 0 atom stereocenters. The van der Waals surface area contributed by atoms with Crippen LogP contribution in [0.25, 0.3) is 0 Å². The number of benzene rings is 1. The molecule has 1 amide bonds. The molecule has 1 aromatic rings. The van der Waals surface area contributed by atoms with E-state index >= 15 is 0 Å². The minimum absolute atomic E-state index is 0.100. The van der Waals surface area contributed by atoms with Crippen LogP contribution < -0.4 is 11.1 Å². The molecule has 0 saturated heterocycles. The Hall–Kier alpha value is -1.22. The third-order valence-electron chi connectivity index (χ3n) is 2.93. The maximum Gasteiger partial charge on any atom is 0.253 e. The number of amides is 1. The first-order valence-corrected chi connectivity index (χ1v) is 5.90. The molecule has 3 nitrogen and oxygen atoms in total. The molecule has 0 heterocycles. The Morgan fingerprint density at radius 2 is 2.06 bits per heavy atom.